The first kappa shape index (κ1) is 26.1. The Hall–Kier alpha value is -4.30. The summed E-state index contributed by atoms with van der Waals surface area (Å²) < 4.78 is 0. The van der Waals surface area contributed by atoms with Gasteiger partial charge in [0.25, 0.3) is 0 Å². The molecule has 0 spiro atoms. The van der Waals surface area contributed by atoms with Gasteiger partial charge in [-0.3, -0.25) is 0 Å². The number of hydrogen-bond donors (Lipinski definition) is 0. The van der Waals surface area contributed by atoms with Crippen LogP contribution in [0.15, 0.2) is 167 Å². The summed E-state index contributed by atoms with van der Waals surface area (Å²) >= 11 is 0. The van der Waals surface area contributed by atoms with Crippen LogP contribution >= 0.6 is 0 Å². The fraction of sp³-hybridized carbons (Fsp3) is 0.286. The lowest BCUT2D eigenvalue weighted by Gasteiger charge is -2.36. The number of fused-ring (bicyclic) bond motifs is 4. The minimum absolute atomic E-state index is 0.372. The van der Waals surface area contributed by atoms with E-state index in [0.717, 1.165) is 44.9 Å². The number of hydrogen-bond acceptors (Lipinski definition) is 2. The third-order valence-corrected chi connectivity index (χ3v) is 10.9. The van der Waals surface area contributed by atoms with Gasteiger partial charge in [-0.2, -0.15) is 0 Å². The first-order valence-corrected chi connectivity index (χ1v) is 16.8. The molecular weight excluding hydrogens is 532 g/mol. The van der Waals surface area contributed by atoms with E-state index >= 15 is 0 Å². The van der Waals surface area contributed by atoms with Crippen molar-refractivity contribution in [1.82, 2.24) is 9.80 Å². The van der Waals surface area contributed by atoms with Gasteiger partial charge in [0.1, 0.15) is 0 Å². The van der Waals surface area contributed by atoms with Gasteiger partial charge >= 0.3 is 0 Å². The van der Waals surface area contributed by atoms with E-state index < -0.39 is 0 Å². The molecule has 9 rings (SSSR count). The summed E-state index contributed by atoms with van der Waals surface area (Å²) in [5.74, 6) is 1.27. The van der Waals surface area contributed by atoms with Crippen LogP contribution in [-0.4, -0.2) is 21.9 Å². The third kappa shape index (κ3) is 4.22. The van der Waals surface area contributed by atoms with E-state index in [9.17, 15) is 0 Å². The molecule has 8 aliphatic rings. The third-order valence-electron chi connectivity index (χ3n) is 10.9. The molecule has 1 aromatic rings. The van der Waals surface area contributed by atoms with Gasteiger partial charge in [-0.05, 0) is 85.0 Å². The minimum Gasteiger partial charge on any atom is -0.341 e. The average molecular weight is 573 g/mol. The van der Waals surface area contributed by atoms with Gasteiger partial charge in [0.05, 0.1) is 12.1 Å². The summed E-state index contributed by atoms with van der Waals surface area (Å²) in [6, 6.07) is 11.7. The Morgan fingerprint density at radius 1 is 0.636 bits per heavy atom. The molecule has 218 valence electrons. The molecule has 5 unspecified atom stereocenters. The van der Waals surface area contributed by atoms with E-state index in [1.54, 1.807) is 11.3 Å². The summed E-state index contributed by atoms with van der Waals surface area (Å²) in [7, 11) is 0. The summed E-state index contributed by atoms with van der Waals surface area (Å²) in [4.78, 5) is 5.43. The summed E-state index contributed by atoms with van der Waals surface area (Å²) in [6.07, 6.45) is 46.5. The van der Waals surface area contributed by atoms with Crippen LogP contribution in [-0.2, 0) is 0 Å². The average Bonchev–Trinajstić information content (AvgIpc) is 3.61. The Balaban J connectivity index is 1.04. The highest BCUT2D eigenvalue weighted by atomic mass is 15.2. The first-order valence-electron chi connectivity index (χ1n) is 16.8. The quantitative estimate of drug-likeness (QED) is 0.354. The van der Waals surface area contributed by atoms with Crippen molar-refractivity contribution in [2.24, 2.45) is 17.8 Å². The van der Waals surface area contributed by atoms with Gasteiger partial charge in [-0.1, -0.05) is 115 Å². The predicted octanol–water partition coefficient (Wildman–Crippen LogP) is 9.64. The highest BCUT2D eigenvalue weighted by molar-refractivity contribution is 5.75. The molecule has 0 saturated heterocycles. The Bertz CT molecular complexity index is 1760. The van der Waals surface area contributed by atoms with E-state index in [1.807, 2.05) is 0 Å². The molecule has 0 radical (unpaired) electrons. The molecule has 2 heterocycles. The summed E-state index contributed by atoms with van der Waals surface area (Å²) in [5, 5.41) is 0. The molecule has 0 N–H and O–H groups in total. The zero-order valence-electron chi connectivity index (χ0n) is 25.4. The second-order valence-electron chi connectivity index (χ2n) is 13.3. The lowest BCUT2D eigenvalue weighted by molar-refractivity contribution is 0.336. The van der Waals surface area contributed by atoms with E-state index in [4.69, 9.17) is 0 Å². The zero-order valence-corrected chi connectivity index (χ0v) is 25.4. The summed E-state index contributed by atoms with van der Waals surface area (Å²) in [6.45, 7) is 0. The fourth-order valence-corrected chi connectivity index (χ4v) is 8.89. The van der Waals surface area contributed by atoms with E-state index in [0.29, 0.717) is 29.8 Å². The minimum atomic E-state index is 0.372. The van der Waals surface area contributed by atoms with Crippen LogP contribution in [0.4, 0.5) is 0 Å². The Morgan fingerprint density at radius 2 is 1.45 bits per heavy atom. The molecule has 0 saturated carbocycles. The lowest BCUT2D eigenvalue weighted by Crippen LogP contribution is -2.34. The largest absolute Gasteiger partial charge is 0.341 e. The van der Waals surface area contributed by atoms with Gasteiger partial charge in [-0.25, -0.2) is 0 Å². The van der Waals surface area contributed by atoms with E-state index in [2.05, 4.69) is 137 Å². The molecular formula is C42H40N2. The molecule has 5 atom stereocenters. The van der Waals surface area contributed by atoms with E-state index in [-0.39, 0.29) is 0 Å². The van der Waals surface area contributed by atoms with Crippen LogP contribution in [0.5, 0.6) is 0 Å². The van der Waals surface area contributed by atoms with Crippen LogP contribution in [0, 0.1) is 17.8 Å². The second-order valence-corrected chi connectivity index (χ2v) is 13.3. The molecule has 1 aromatic carbocycles. The number of benzene rings is 1. The van der Waals surface area contributed by atoms with Crippen molar-refractivity contribution in [2.45, 2.75) is 57.0 Å². The Labute approximate surface area is 262 Å². The Morgan fingerprint density at radius 3 is 2.36 bits per heavy atom. The number of allylic oxidation sites excluding steroid dienone is 18. The van der Waals surface area contributed by atoms with Crippen molar-refractivity contribution in [3.63, 3.8) is 0 Å². The predicted molar refractivity (Wildman–Crippen MR) is 182 cm³/mol. The molecule has 6 aliphatic carbocycles. The van der Waals surface area contributed by atoms with Crippen LogP contribution in [0.2, 0.25) is 0 Å². The maximum absolute atomic E-state index is 2.73. The second kappa shape index (κ2) is 10.7. The van der Waals surface area contributed by atoms with E-state index in [1.165, 1.54) is 39.4 Å². The molecule has 2 aliphatic heterocycles. The van der Waals surface area contributed by atoms with Gasteiger partial charge in [-0.15, -0.1) is 0 Å². The molecule has 0 bridgehead atoms. The first-order chi connectivity index (χ1) is 21.8. The highest BCUT2D eigenvalue weighted by Gasteiger charge is 2.44. The lowest BCUT2D eigenvalue weighted by atomic mass is 9.79. The fourth-order valence-electron chi connectivity index (χ4n) is 8.89. The normalized spacial score (nSPS) is 31.4. The maximum atomic E-state index is 2.73. The monoisotopic (exact) mass is 572 g/mol. The van der Waals surface area contributed by atoms with Gasteiger partial charge in [0.2, 0.25) is 0 Å². The zero-order chi connectivity index (χ0) is 29.0. The molecule has 0 amide bonds. The van der Waals surface area contributed by atoms with Crippen molar-refractivity contribution in [3.8, 4) is 0 Å². The van der Waals surface area contributed by atoms with Gasteiger partial charge in [0.15, 0.2) is 0 Å². The number of rotatable bonds is 4. The van der Waals surface area contributed by atoms with Crippen LogP contribution in [0.1, 0.15) is 50.5 Å². The van der Waals surface area contributed by atoms with Gasteiger partial charge in [0, 0.05) is 40.5 Å². The van der Waals surface area contributed by atoms with Crippen molar-refractivity contribution in [1.29, 1.82) is 0 Å². The van der Waals surface area contributed by atoms with Crippen molar-refractivity contribution < 1.29 is 0 Å². The van der Waals surface area contributed by atoms with Crippen molar-refractivity contribution in [3.05, 3.63) is 173 Å². The maximum Gasteiger partial charge on any atom is 0.0623 e. The van der Waals surface area contributed by atoms with Crippen molar-refractivity contribution >= 4 is 5.57 Å². The molecule has 2 heteroatoms. The van der Waals surface area contributed by atoms with Crippen LogP contribution in [0.3, 0.4) is 0 Å². The number of nitrogens with zero attached hydrogens (tertiary/aromatic N) is 2. The molecule has 44 heavy (non-hydrogen) atoms. The molecule has 2 nitrogen and oxygen atoms in total. The Kier molecular flexibility index (Phi) is 6.35. The smallest absolute Gasteiger partial charge is 0.0623 e. The topological polar surface area (TPSA) is 6.48 Å². The standard InChI is InChI=1S/C42H40N2/c1-3-12-29(13-4-1)30-14-11-17-34(26-30)44-39-20-9-7-18-35(39)37-24-22-32(28-42(37)44)31-23-25-41-38(27-31)36-19-8-10-21-40(36)43(41)33-15-5-2-6-16-33/h1-5,7-9,12-15,18-20,22-27,32,35,38-39,41H,6,10-11,16-17,21,28H2. The highest BCUT2D eigenvalue weighted by Crippen LogP contribution is 2.50. The molecule has 0 aromatic heterocycles. The molecule has 0 fully saturated rings. The van der Waals surface area contributed by atoms with Gasteiger partial charge < -0.3 is 9.80 Å². The SMILES string of the molecule is C1=CCCC(N2C3=C(C=CCC3)C3C=C(C4C=CC5=C(C4)N(C4=CC(c6ccccc6)=CCC4)C4C=CC=CC54)C=CC32)=C1. The summed E-state index contributed by atoms with van der Waals surface area (Å²) in [5.41, 5.74) is 13.3. The van der Waals surface area contributed by atoms with Crippen molar-refractivity contribution in [2.75, 3.05) is 0 Å². The van der Waals surface area contributed by atoms with Crippen LogP contribution in [0.25, 0.3) is 5.57 Å². The van der Waals surface area contributed by atoms with Crippen LogP contribution < -0.4 is 0 Å².